The number of hydrogen-bond donors (Lipinski definition) is 1. The number of thioether (sulfide) groups is 1. The lowest BCUT2D eigenvalue weighted by atomic mass is 10.2. The van der Waals surface area contributed by atoms with E-state index in [4.69, 9.17) is 0 Å². The predicted molar refractivity (Wildman–Crippen MR) is 110 cm³/mol. The highest BCUT2D eigenvalue weighted by atomic mass is 32.2. The number of fused-ring (bicyclic) bond motifs is 1. The average molecular weight is 398 g/mol. The zero-order valence-electron chi connectivity index (χ0n) is 13.9. The van der Waals surface area contributed by atoms with Crippen molar-refractivity contribution in [3.05, 3.63) is 70.2 Å². The Morgan fingerprint density at radius 3 is 2.65 bits per heavy atom. The van der Waals surface area contributed by atoms with Gasteiger partial charge in [0.05, 0.1) is 20.9 Å². The number of nitrogens with one attached hydrogen (secondary N) is 1. The number of para-hydroxylation sites is 1. The van der Waals surface area contributed by atoms with E-state index in [0.717, 1.165) is 31.6 Å². The zero-order valence-corrected chi connectivity index (χ0v) is 16.4. The molecule has 0 saturated heterocycles. The summed E-state index contributed by atoms with van der Waals surface area (Å²) in [5, 5.41) is 6.67. The van der Waals surface area contributed by atoms with Crippen molar-refractivity contribution in [2.75, 3.05) is 5.32 Å². The first-order chi connectivity index (χ1) is 12.7. The van der Waals surface area contributed by atoms with Crippen molar-refractivity contribution in [3.63, 3.8) is 0 Å². The van der Waals surface area contributed by atoms with Crippen LogP contribution in [0.15, 0.2) is 58.8 Å². The second-order valence-corrected chi connectivity index (χ2v) is 8.75. The second kappa shape index (κ2) is 7.57. The highest BCUT2D eigenvalue weighted by Crippen LogP contribution is 2.27. The average Bonchev–Trinajstić information content (AvgIpc) is 3.25. The Balaban J connectivity index is 1.40. The number of hydrogen-bond acceptors (Lipinski definition) is 6. The molecule has 0 atom stereocenters. The minimum absolute atomic E-state index is 0.143. The summed E-state index contributed by atoms with van der Waals surface area (Å²) >= 11 is 4.86. The number of carbonyl (C=O) groups is 1. The number of rotatable bonds is 5. The SMILES string of the molecule is Cc1nc(CSc2ccc(C(=O)Nc3nc4ccccc4s3)cc2)cs1. The van der Waals surface area contributed by atoms with Gasteiger partial charge in [0.25, 0.3) is 5.91 Å². The van der Waals surface area contributed by atoms with Crippen LogP contribution in [0.5, 0.6) is 0 Å². The monoisotopic (exact) mass is 397 g/mol. The lowest BCUT2D eigenvalue weighted by molar-refractivity contribution is 0.102. The molecule has 2 heterocycles. The van der Waals surface area contributed by atoms with Crippen LogP contribution in [0.25, 0.3) is 10.2 Å². The number of nitrogens with zero attached hydrogens (tertiary/aromatic N) is 2. The van der Waals surface area contributed by atoms with Gasteiger partial charge in [0.15, 0.2) is 5.13 Å². The van der Waals surface area contributed by atoms with E-state index in [0.29, 0.717) is 10.7 Å². The Kier molecular flexibility index (Phi) is 5.01. The topological polar surface area (TPSA) is 54.9 Å². The molecule has 130 valence electrons. The maximum Gasteiger partial charge on any atom is 0.257 e. The summed E-state index contributed by atoms with van der Waals surface area (Å²) in [6.45, 7) is 2.01. The number of aromatic nitrogens is 2. The van der Waals surface area contributed by atoms with Gasteiger partial charge in [-0.2, -0.15) is 0 Å². The molecule has 0 spiro atoms. The molecule has 4 rings (SSSR count). The Morgan fingerprint density at radius 2 is 1.92 bits per heavy atom. The van der Waals surface area contributed by atoms with E-state index in [1.807, 2.05) is 55.5 Å². The van der Waals surface area contributed by atoms with Crippen LogP contribution in [0.4, 0.5) is 5.13 Å². The van der Waals surface area contributed by atoms with E-state index in [9.17, 15) is 4.79 Å². The number of aryl methyl sites for hydroxylation is 1. The highest BCUT2D eigenvalue weighted by molar-refractivity contribution is 7.98. The van der Waals surface area contributed by atoms with E-state index < -0.39 is 0 Å². The van der Waals surface area contributed by atoms with Crippen molar-refractivity contribution in [1.82, 2.24) is 9.97 Å². The van der Waals surface area contributed by atoms with Crippen LogP contribution in [-0.2, 0) is 5.75 Å². The van der Waals surface area contributed by atoms with E-state index in [1.165, 1.54) is 11.3 Å². The van der Waals surface area contributed by atoms with Gasteiger partial charge in [0, 0.05) is 21.6 Å². The lowest BCUT2D eigenvalue weighted by Gasteiger charge is -2.03. The summed E-state index contributed by atoms with van der Waals surface area (Å²) < 4.78 is 1.06. The molecule has 0 saturated carbocycles. The van der Waals surface area contributed by atoms with E-state index in [-0.39, 0.29) is 5.91 Å². The molecule has 2 aromatic heterocycles. The molecular formula is C19H15N3OS3. The lowest BCUT2D eigenvalue weighted by Crippen LogP contribution is -2.11. The Labute approximate surface area is 163 Å². The van der Waals surface area contributed by atoms with Crippen LogP contribution in [0.3, 0.4) is 0 Å². The maximum atomic E-state index is 12.4. The normalized spacial score (nSPS) is 11.0. The number of carbonyl (C=O) groups excluding carboxylic acids is 1. The molecule has 0 fully saturated rings. The molecule has 0 aliphatic heterocycles. The fourth-order valence-electron chi connectivity index (χ4n) is 2.43. The molecule has 26 heavy (non-hydrogen) atoms. The summed E-state index contributed by atoms with van der Waals surface area (Å²) in [4.78, 5) is 22.4. The third-order valence-electron chi connectivity index (χ3n) is 3.68. The molecule has 1 amide bonds. The molecule has 0 radical (unpaired) electrons. The van der Waals surface area contributed by atoms with Crippen molar-refractivity contribution in [1.29, 1.82) is 0 Å². The van der Waals surface area contributed by atoms with Crippen molar-refractivity contribution < 1.29 is 4.79 Å². The molecule has 7 heteroatoms. The van der Waals surface area contributed by atoms with Gasteiger partial charge in [-0.05, 0) is 43.3 Å². The van der Waals surface area contributed by atoms with Gasteiger partial charge in [0.2, 0.25) is 0 Å². The molecular weight excluding hydrogens is 382 g/mol. The van der Waals surface area contributed by atoms with Gasteiger partial charge in [-0.3, -0.25) is 10.1 Å². The fraction of sp³-hybridized carbons (Fsp3) is 0.105. The van der Waals surface area contributed by atoms with Gasteiger partial charge in [-0.15, -0.1) is 23.1 Å². The Hall–Kier alpha value is -2.22. The van der Waals surface area contributed by atoms with Crippen molar-refractivity contribution in [2.45, 2.75) is 17.6 Å². The zero-order chi connectivity index (χ0) is 17.9. The maximum absolute atomic E-state index is 12.4. The van der Waals surface area contributed by atoms with Crippen molar-refractivity contribution >= 4 is 55.7 Å². The first-order valence-corrected chi connectivity index (χ1v) is 10.7. The largest absolute Gasteiger partial charge is 0.298 e. The van der Waals surface area contributed by atoms with Gasteiger partial charge in [-0.25, -0.2) is 9.97 Å². The van der Waals surface area contributed by atoms with Crippen LogP contribution in [-0.4, -0.2) is 15.9 Å². The van der Waals surface area contributed by atoms with Crippen LogP contribution < -0.4 is 5.32 Å². The molecule has 0 unspecified atom stereocenters. The summed E-state index contributed by atoms with van der Waals surface area (Å²) in [6, 6.07) is 15.5. The predicted octanol–water partition coefficient (Wildman–Crippen LogP) is 5.61. The third kappa shape index (κ3) is 3.95. The molecule has 4 nitrogen and oxygen atoms in total. The minimum Gasteiger partial charge on any atom is -0.298 e. The Bertz CT molecular complexity index is 1020. The van der Waals surface area contributed by atoms with Crippen LogP contribution in [0.1, 0.15) is 21.1 Å². The molecule has 0 aliphatic carbocycles. The third-order valence-corrected chi connectivity index (χ3v) is 6.50. The highest BCUT2D eigenvalue weighted by Gasteiger charge is 2.10. The van der Waals surface area contributed by atoms with Crippen molar-refractivity contribution in [3.8, 4) is 0 Å². The molecule has 0 aliphatic rings. The summed E-state index contributed by atoms with van der Waals surface area (Å²) in [7, 11) is 0. The van der Waals surface area contributed by atoms with Crippen LogP contribution in [0, 0.1) is 6.92 Å². The standard InChI is InChI=1S/C19H15N3OS3/c1-12-20-14(10-24-12)11-25-15-8-6-13(7-9-15)18(23)22-19-21-16-4-2-3-5-17(16)26-19/h2-10H,11H2,1H3,(H,21,22,23). The van der Waals surface area contributed by atoms with E-state index >= 15 is 0 Å². The minimum atomic E-state index is -0.143. The van der Waals surface area contributed by atoms with Gasteiger partial charge in [-0.1, -0.05) is 23.5 Å². The molecule has 2 aromatic carbocycles. The molecule has 4 aromatic rings. The van der Waals surface area contributed by atoms with Gasteiger partial charge >= 0.3 is 0 Å². The number of anilines is 1. The fourth-order valence-corrected chi connectivity index (χ4v) is 4.80. The van der Waals surface area contributed by atoms with E-state index in [1.54, 1.807) is 23.1 Å². The second-order valence-electron chi connectivity index (χ2n) is 5.61. The number of amides is 1. The smallest absolute Gasteiger partial charge is 0.257 e. The van der Waals surface area contributed by atoms with Gasteiger partial charge < -0.3 is 0 Å². The van der Waals surface area contributed by atoms with Crippen LogP contribution in [0.2, 0.25) is 0 Å². The summed E-state index contributed by atoms with van der Waals surface area (Å²) in [5.41, 5.74) is 2.62. The van der Waals surface area contributed by atoms with E-state index in [2.05, 4.69) is 20.7 Å². The van der Waals surface area contributed by atoms with Crippen LogP contribution >= 0.6 is 34.4 Å². The van der Waals surface area contributed by atoms with Gasteiger partial charge in [0.1, 0.15) is 0 Å². The van der Waals surface area contributed by atoms with Crippen molar-refractivity contribution in [2.24, 2.45) is 0 Å². The number of benzene rings is 2. The molecule has 0 bridgehead atoms. The summed E-state index contributed by atoms with van der Waals surface area (Å²) in [6.07, 6.45) is 0. The first-order valence-electron chi connectivity index (χ1n) is 7.98. The first kappa shape index (κ1) is 17.2. The number of thiazole rings is 2. The quantitative estimate of drug-likeness (QED) is 0.445. The summed E-state index contributed by atoms with van der Waals surface area (Å²) in [5.74, 6) is 0.692. The molecule has 1 N–H and O–H groups in total. The Morgan fingerprint density at radius 1 is 1.12 bits per heavy atom.